The molecule has 0 saturated carbocycles. The van der Waals surface area contributed by atoms with Crippen molar-refractivity contribution in [2.75, 3.05) is 6.54 Å². The minimum atomic E-state index is 0.0755. The second kappa shape index (κ2) is 5.38. The summed E-state index contributed by atoms with van der Waals surface area (Å²) < 4.78 is 0. The quantitative estimate of drug-likeness (QED) is 0.759. The molecule has 0 aromatic heterocycles. The zero-order chi connectivity index (χ0) is 12.4. The highest BCUT2D eigenvalue weighted by Gasteiger charge is 2.33. The van der Waals surface area contributed by atoms with E-state index in [0.29, 0.717) is 23.9 Å². The lowest BCUT2D eigenvalue weighted by Gasteiger charge is -2.40. The maximum absolute atomic E-state index is 12.5. The molecule has 2 aliphatic rings. The van der Waals surface area contributed by atoms with Gasteiger partial charge < -0.3 is 10.2 Å². The Morgan fingerprint density at radius 2 is 1.88 bits per heavy atom. The van der Waals surface area contributed by atoms with Crippen LogP contribution in [-0.4, -0.2) is 35.5 Å². The van der Waals surface area contributed by atoms with E-state index in [0.717, 1.165) is 19.4 Å². The molecule has 3 nitrogen and oxygen atoms in total. The topological polar surface area (TPSA) is 32.3 Å². The molecule has 3 heteroatoms. The predicted molar refractivity (Wildman–Crippen MR) is 69.8 cm³/mol. The number of likely N-dealkylation sites (tertiary alicyclic amines) is 1. The minimum Gasteiger partial charge on any atom is -0.338 e. The molecule has 0 aromatic carbocycles. The van der Waals surface area contributed by atoms with E-state index in [1.807, 2.05) is 0 Å². The maximum Gasteiger partial charge on any atom is 0.239 e. The van der Waals surface area contributed by atoms with Gasteiger partial charge in [-0.15, -0.1) is 0 Å². The van der Waals surface area contributed by atoms with Crippen LogP contribution in [0.2, 0.25) is 0 Å². The molecule has 17 heavy (non-hydrogen) atoms. The van der Waals surface area contributed by atoms with Gasteiger partial charge in [-0.25, -0.2) is 0 Å². The van der Waals surface area contributed by atoms with Crippen LogP contribution in [0, 0.1) is 5.92 Å². The fourth-order valence-electron chi connectivity index (χ4n) is 3.13. The maximum atomic E-state index is 12.5. The summed E-state index contributed by atoms with van der Waals surface area (Å²) in [6.07, 6.45) is 5.83. The molecule has 1 amide bonds. The highest BCUT2D eigenvalue weighted by Crippen LogP contribution is 2.24. The summed E-state index contributed by atoms with van der Waals surface area (Å²) in [5.41, 5.74) is 0. The molecule has 4 atom stereocenters. The standard InChI is InChI=1S/C14H26N2O/c1-10-7-8-12(3)16(9-10)14(17)13-6-4-5-11(2)15-13/h10-13,15H,4-9H2,1-3H3. The van der Waals surface area contributed by atoms with Gasteiger partial charge in [-0.2, -0.15) is 0 Å². The summed E-state index contributed by atoms with van der Waals surface area (Å²) in [6.45, 7) is 7.58. The fraction of sp³-hybridized carbons (Fsp3) is 0.929. The van der Waals surface area contributed by atoms with Gasteiger partial charge in [-0.05, 0) is 51.9 Å². The number of hydrogen-bond acceptors (Lipinski definition) is 2. The zero-order valence-electron chi connectivity index (χ0n) is 11.4. The summed E-state index contributed by atoms with van der Waals surface area (Å²) in [5, 5.41) is 3.46. The third-order valence-corrected chi connectivity index (χ3v) is 4.31. The van der Waals surface area contributed by atoms with Crippen molar-refractivity contribution in [3.63, 3.8) is 0 Å². The average Bonchev–Trinajstić information content (AvgIpc) is 2.31. The molecule has 2 rings (SSSR count). The Morgan fingerprint density at radius 1 is 1.12 bits per heavy atom. The first kappa shape index (κ1) is 12.9. The first-order chi connectivity index (χ1) is 8.08. The number of hydrogen-bond donors (Lipinski definition) is 1. The zero-order valence-corrected chi connectivity index (χ0v) is 11.4. The second-order valence-electron chi connectivity index (χ2n) is 6.07. The number of nitrogens with one attached hydrogen (secondary N) is 1. The van der Waals surface area contributed by atoms with Crippen LogP contribution in [0.25, 0.3) is 0 Å². The highest BCUT2D eigenvalue weighted by molar-refractivity contribution is 5.82. The normalized spacial score (nSPS) is 39.1. The van der Waals surface area contributed by atoms with Crippen LogP contribution in [0.5, 0.6) is 0 Å². The molecule has 0 aliphatic carbocycles. The molecular formula is C14H26N2O. The summed E-state index contributed by atoms with van der Waals surface area (Å²) >= 11 is 0. The highest BCUT2D eigenvalue weighted by atomic mass is 16.2. The van der Waals surface area contributed by atoms with E-state index in [1.165, 1.54) is 19.3 Å². The number of carbonyl (C=O) groups excluding carboxylic acids is 1. The third kappa shape index (κ3) is 3.01. The van der Waals surface area contributed by atoms with E-state index in [-0.39, 0.29) is 6.04 Å². The molecule has 0 spiro atoms. The van der Waals surface area contributed by atoms with Gasteiger partial charge in [0.2, 0.25) is 5.91 Å². The Hall–Kier alpha value is -0.570. The lowest BCUT2D eigenvalue weighted by atomic mass is 9.92. The van der Waals surface area contributed by atoms with Crippen molar-refractivity contribution in [3.8, 4) is 0 Å². The molecule has 2 aliphatic heterocycles. The van der Waals surface area contributed by atoms with Crippen molar-refractivity contribution in [2.24, 2.45) is 5.92 Å². The fourth-order valence-corrected chi connectivity index (χ4v) is 3.13. The summed E-state index contributed by atoms with van der Waals surface area (Å²) in [7, 11) is 0. The van der Waals surface area contributed by atoms with E-state index in [9.17, 15) is 4.79 Å². The van der Waals surface area contributed by atoms with E-state index in [1.54, 1.807) is 0 Å². The monoisotopic (exact) mass is 238 g/mol. The van der Waals surface area contributed by atoms with Crippen molar-refractivity contribution in [1.82, 2.24) is 10.2 Å². The summed E-state index contributed by atoms with van der Waals surface area (Å²) in [6, 6.07) is 0.999. The van der Waals surface area contributed by atoms with Crippen molar-refractivity contribution in [2.45, 2.75) is 71.0 Å². The average molecular weight is 238 g/mol. The number of carbonyl (C=O) groups is 1. The molecule has 0 aromatic rings. The van der Waals surface area contributed by atoms with Crippen molar-refractivity contribution in [1.29, 1.82) is 0 Å². The van der Waals surface area contributed by atoms with Crippen LogP contribution < -0.4 is 5.32 Å². The number of piperidine rings is 2. The van der Waals surface area contributed by atoms with Gasteiger partial charge in [-0.3, -0.25) is 4.79 Å². The van der Waals surface area contributed by atoms with Gasteiger partial charge in [-0.1, -0.05) is 6.92 Å². The van der Waals surface area contributed by atoms with Crippen LogP contribution in [0.4, 0.5) is 0 Å². The van der Waals surface area contributed by atoms with Crippen molar-refractivity contribution >= 4 is 5.91 Å². The molecular weight excluding hydrogens is 212 g/mol. The van der Waals surface area contributed by atoms with Crippen molar-refractivity contribution in [3.05, 3.63) is 0 Å². The molecule has 4 unspecified atom stereocenters. The number of rotatable bonds is 1. The third-order valence-electron chi connectivity index (χ3n) is 4.31. The summed E-state index contributed by atoms with van der Waals surface area (Å²) in [4.78, 5) is 14.6. The number of nitrogens with zero attached hydrogens (tertiary/aromatic N) is 1. The first-order valence-corrected chi connectivity index (χ1v) is 7.14. The van der Waals surface area contributed by atoms with Crippen LogP contribution >= 0.6 is 0 Å². The van der Waals surface area contributed by atoms with Crippen LogP contribution in [-0.2, 0) is 4.79 Å². The van der Waals surface area contributed by atoms with E-state index in [4.69, 9.17) is 0 Å². The van der Waals surface area contributed by atoms with E-state index < -0.39 is 0 Å². The Morgan fingerprint density at radius 3 is 2.59 bits per heavy atom. The van der Waals surface area contributed by atoms with Gasteiger partial charge in [0.25, 0.3) is 0 Å². The first-order valence-electron chi connectivity index (χ1n) is 7.14. The largest absolute Gasteiger partial charge is 0.338 e. The van der Waals surface area contributed by atoms with Gasteiger partial charge in [0.15, 0.2) is 0 Å². The molecule has 2 fully saturated rings. The van der Waals surface area contributed by atoms with Crippen LogP contribution in [0.1, 0.15) is 52.9 Å². The molecule has 98 valence electrons. The smallest absolute Gasteiger partial charge is 0.239 e. The molecule has 2 saturated heterocycles. The van der Waals surface area contributed by atoms with Crippen molar-refractivity contribution < 1.29 is 4.79 Å². The Bertz CT molecular complexity index is 279. The van der Waals surface area contributed by atoms with Gasteiger partial charge >= 0.3 is 0 Å². The second-order valence-corrected chi connectivity index (χ2v) is 6.07. The Labute approximate surface area is 105 Å². The van der Waals surface area contributed by atoms with Gasteiger partial charge in [0.1, 0.15) is 0 Å². The Kier molecular flexibility index (Phi) is 4.08. The SMILES string of the molecule is CC1CCC(C)N(C(=O)C2CCCC(C)N2)C1. The molecule has 0 radical (unpaired) electrons. The minimum absolute atomic E-state index is 0.0755. The lowest BCUT2D eigenvalue weighted by molar-refractivity contribution is -0.138. The lowest BCUT2D eigenvalue weighted by Crippen LogP contribution is -2.55. The predicted octanol–water partition coefficient (Wildman–Crippen LogP) is 2.16. The number of amides is 1. The van der Waals surface area contributed by atoms with Gasteiger partial charge in [0, 0.05) is 18.6 Å². The van der Waals surface area contributed by atoms with Crippen LogP contribution in [0.15, 0.2) is 0 Å². The van der Waals surface area contributed by atoms with Gasteiger partial charge in [0.05, 0.1) is 6.04 Å². The van der Waals surface area contributed by atoms with E-state index >= 15 is 0 Å². The Balaban J connectivity index is 1.97. The van der Waals surface area contributed by atoms with Crippen LogP contribution in [0.3, 0.4) is 0 Å². The molecule has 2 heterocycles. The molecule has 0 bridgehead atoms. The molecule has 1 N–H and O–H groups in total. The summed E-state index contributed by atoms with van der Waals surface area (Å²) in [5.74, 6) is 1.01. The van der Waals surface area contributed by atoms with E-state index in [2.05, 4.69) is 31.0 Å².